The first-order valence-electron chi connectivity index (χ1n) is 17.0. The Labute approximate surface area is 316 Å². The summed E-state index contributed by atoms with van der Waals surface area (Å²) in [7, 11) is 0. The molecule has 2 nitrogen and oxygen atoms in total. The normalized spacial score (nSPS) is 11.2. The predicted molar refractivity (Wildman–Crippen MR) is 215 cm³/mol. The molecule has 0 heterocycles. The van der Waals surface area contributed by atoms with Crippen molar-refractivity contribution in [1.82, 2.24) is 0 Å². The smallest absolute Gasteiger partial charge is 0.0455 e. The summed E-state index contributed by atoms with van der Waals surface area (Å²) in [6, 6.07) is 50.1. The Morgan fingerprint density at radius 3 is 0.940 bits per heavy atom. The summed E-state index contributed by atoms with van der Waals surface area (Å²) in [4.78, 5) is 4.67. The van der Waals surface area contributed by atoms with Crippen LogP contribution in [0.25, 0.3) is 0 Å². The fourth-order valence-electron chi connectivity index (χ4n) is 6.46. The number of hydrogen-bond acceptors (Lipinski definition) is 2. The van der Waals surface area contributed by atoms with Crippen LogP contribution in [0.5, 0.6) is 0 Å². The summed E-state index contributed by atoms with van der Waals surface area (Å²) in [6.07, 6.45) is 2.12. The molecule has 0 atom stereocenters. The van der Waals surface area contributed by atoms with Gasteiger partial charge in [-0.3, -0.25) is 0 Å². The maximum absolute atomic E-state index is 6.62. The van der Waals surface area contributed by atoms with Gasteiger partial charge in [-0.2, -0.15) is 0 Å². The van der Waals surface area contributed by atoms with Gasteiger partial charge in [0, 0.05) is 63.6 Å². The van der Waals surface area contributed by atoms with Gasteiger partial charge in [-0.1, -0.05) is 157 Å². The summed E-state index contributed by atoms with van der Waals surface area (Å²) < 4.78 is 0. The van der Waals surface area contributed by atoms with Gasteiger partial charge in [0.25, 0.3) is 0 Å². The van der Waals surface area contributed by atoms with Crippen molar-refractivity contribution in [3.8, 4) is 0 Å². The second-order valence-electron chi connectivity index (χ2n) is 12.6. The van der Waals surface area contributed by atoms with Crippen molar-refractivity contribution >= 4 is 57.8 Å². The molecule has 0 fully saturated rings. The van der Waals surface area contributed by atoms with Crippen LogP contribution in [0.4, 0.5) is 11.4 Å². The van der Waals surface area contributed by atoms with Crippen LogP contribution in [0.15, 0.2) is 146 Å². The lowest BCUT2D eigenvalue weighted by atomic mass is 9.87. The maximum atomic E-state index is 6.62. The van der Waals surface area contributed by atoms with Crippen LogP contribution < -0.4 is 9.80 Å². The standard InChI is InChI=1S/C44H40Cl4N2/c1-2-11-40(32-20-24-38(25-21-32)49(28-34-12-3-7-16-41(34)45)29-35-13-4-8-17-42(35)46)33-22-26-39(27-23-33)50(30-36-14-5-9-18-43(36)47)31-37-15-6-10-19-44(37)48/h3-10,12-27,40H,2,11,28-31H2,1H3. The third-order valence-corrected chi connectivity index (χ3v) is 10.6. The van der Waals surface area contributed by atoms with E-state index in [0.717, 1.165) is 66.6 Å². The predicted octanol–water partition coefficient (Wildman–Crippen LogP) is 13.6. The molecule has 0 aromatic heterocycles. The number of halogens is 4. The molecule has 0 amide bonds. The Morgan fingerprint density at radius 2 is 0.680 bits per heavy atom. The lowest BCUT2D eigenvalue weighted by molar-refractivity contribution is 0.697. The van der Waals surface area contributed by atoms with E-state index < -0.39 is 0 Å². The van der Waals surface area contributed by atoms with E-state index in [4.69, 9.17) is 46.4 Å². The molecular formula is C44H40Cl4N2. The van der Waals surface area contributed by atoms with Crippen molar-refractivity contribution in [2.75, 3.05) is 9.80 Å². The molecule has 0 aliphatic rings. The SMILES string of the molecule is CCCC(c1ccc(N(Cc2ccccc2Cl)Cc2ccccc2Cl)cc1)c1ccc(N(Cc2ccccc2Cl)Cc2ccccc2Cl)cc1. The van der Waals surface area contributed by atoms with Gasteiger partial charge >= 0.3 is 0 Å². The van der Waals surface area contributed by atoms with Gasteiger partial charge < -0.3 is 9.80 Å². The van der Waals surface area contributed by atoms with E-state index in [9.17, 15) is 0 Å². The zero-order valence-corrected chi connectivity index (χ0v) is 31.1. The van der Waals surface area contributed by atoms with Crippen LogP contribution in [0.3, 0.4) is 0 Å². The number of benzene rings is 6. The monoisotopic (exact) mass is 736 g/mol. The van der Waals surface area contributed by atoms with E-state index in [2.05, 4.69) is 89.5 Å². The van der Waals surface area contributed by atoms with Crippen molar-refractivity contribution in [2.45, 2.75) is 51.9 Å². The molecule has 0 bridgehead atoms. The minimum Gasteiger partial charge on any atom is -0.363 e. The van der Waals surface area contributed by atoms with E-state index in [1.165, 1.54) is 11.1 Å². The van der Waals surface area contributed by atoms with Gasteiger partial charge in [-0.15, -0.1) is 0 Å². The van der Waals surface area contributed by atoms with E-state index in [1.54, 1.807) is 0 Å². The van der Waals surface area contributed by atoms with E-state index in [-0.39, 0.29) is 5.92 Å². The molecule has 0 spiro atoms. The summed E-state index contributed by atoms with van der Waals surface area (Å²) in [5.41, 5.74) is 9.13. The number of nitrogens with zero attached hydrogens (tertiary/aromatic N) is 2. The van der Waals surface area contributed by atoms with Crippen LogP contribution in [-0.4, -0.2) is 0 Å². The second-order valence-corrected chi connectivity index (χ2v) is 14.2. The van der Waals surface area contributed by atoms with Crippen LogP contribution in [0.1, 0.15) is 59.1 Å². The molecule has 50 heavy (non-hydrogen) atoms. The maximum Gasteiger partial charge on any atom is 0.0455 e. The summed E-state index contributed by atoms with van der Waals surface area (Å²) >= 11 is 26.5. The number of anilines is 2. The molecule has 0 saturated carbocycles. The number of rotatable bonds is 14. The molecule has 0 saturated heterocycles. The molecule has 6 aromatic rings. The highest BCUT2D eigenvalue weighted by Crippen LogP contribution is 2.34. The largest absolute Gasteiger partial charge is 0.363 e. The van der Waals surface area contributed by atoms with Gasteiger partial charge in [0.15, 0.2) is 0 Å². The van der Waals surface area contributed by atoms with Crippen LogP contribution in [0.2, 0.25) is 20.1 Å². The summed E-state index contributed by atoms with van der Waals surface area (Å²) in [5.74, 6) is 0.268. The molecular weight excluding hydrogens is 698 g/mol. The summed E-state index contributed by atoms with van der Waals surface area (Å²) in [6.45, 7) is 4.93. The topological polar surface area (TPSA) is 6.48 Å². The highest BCUT2D eigenvalue weighted by Gasteiger charge is 2.18. The Balaban J connectivity index is 1.27. The molecule has 6 heteroatoms. The molecule has 6 aromatic carbocycles. The van der Waals surface area contributed by atoms with Gasteiger partial charge in [-0.25, -0.2) is 0 Å². The van der Waals surface area contributed by atoms with E-state index >= 15 is 0 Å². The van der Waals surface area contributed by atoms with Gasteiger partial charge in [0.2, 0.25) is 0 Å². The lowest BCUT2D eigenvalue weighted by Crippen LogP contribution is -2.22. The van der Waals surface area contributed by atoms with Crippen molar-refractivity contribution < 1.29 is 0 Å². The molecule has 6 rings (SSSR count). The van der Waals surface area contributed by atoms with Gasteiger partial charge in [0.1, 0.15) is 0 Å². The van der Waals surface area contributed by atoms with Crippen molar-refractivity contribution in [1.29, 1.82) is 0 Å². The van der Waals surface area contributed by atoms with Crippen molar-refractivity contribution in [3.63, 3.8) is 0 Å². The molecule has 0 aliphatic carbocycles. The highest BCUT2D eigenvalue weighted by molar-refractivity contribution is 6.32. The molecule has 254 valence electrons. The first-order chi connectivity index (χ1) is 24.4. The third kappa shape index (κ3) is 9.05. The first-order valence-corrected chi connectivity index (χ1v) is 18.5. The quantitative estimate of drug-likeness (QED) is 0.110. The van der Waals surface area contributed by atoms with Gasteiger partial charge in [-0.05, 0) is 88.3 Å². The Kier molecular flexibility index (Phi) is 12.4. The zero-order valence-electron chi connectivity index (χ0n) is 28.1. The van der Waals surface area contributed by atoms with Gasteiger partial charge in [0.05, 0.1) is 0 Å². The fraction of sp³-hybridized carbons (Fsp3) is 0.182. The first kappa shape index (κ1) is 35.9. The Bertz CT molecular complexity index is 1750. The Hall–Kier alpha value is -3.92. The van der Waals surface area contributed by atoms with Crippen molar-refractivity contribution in [3.05, 3.63) is 199 Å². The van der Waals surface area contributed by atoms with Crippen LogP contribution in [0, 0.1) is 0 Å². The Morgan fingerprint density at radius 1 is 0.400 bits per heavy atom. The molecule has 0 radical (unpaired) electrons. The average Bonchev–Trinajstić information content (AvgIpc) is 3.14. The molecule has 0 unspecified atom stereocenters. The van der Waals surface area contributed by atoms with Crippen molar-refractivity contribution in [2.24, 2.45) is 0 Å². The molecule has 0 N–H and O–H groups in total. The zero-order chi connectivity index (χ0) is 34.9. The number of hydrogen-bond donors (Lipinski definition) is 0. The third-order valence-electron chi connectivity index (χ3n) is 9.17. The lowest BCUT2D eigenvalue weighted by Gasteiger charge is -2.28. The average molecular weight is 739 g/mol. The van der Waals surface area contributed by atoms with E-state index in [0.29, 0.717) is 26.2 Å². The van der Waals surface area contributed by atoms with Crippen LogP contribution in [-0.2, 0) is 26.2 Å². The summed E-state index contributed by atoms with van der Waals surface area (Å²) in [5, 5.41) is 3.04. The second kappa shape index (κ2) is 17.3. The minimum atomic E-state index is 0.268. The van der Waals surface area contributed by atoms with E-state index in [1.807, 2.05) is 72.8 Å². The fourth-order valence-corrected chi connectivity index (χ4v) is 7.24. The molecule has 0 aliphatic heterocycles. The minimum absolute atomic E-state index is 0.268. The highest BCUT2D eigenvalue weighted by atomic mass is 35.5. The van der Waals surface area contributed by atoms with Crippen LogP contribution >= 0.6 is 46.4 Å².